The number of aromatic nitrogens is 2. The van der Waals surface area contributed by atoms with Gasteiger partial charge in [0.05, 0.1) is 31.3 Å². The van der Waals surface area contributed by atoms with E-state index in [1.165, 1.54) is 12.1 Å². The van der Waals surface area contributed by atoms with E-state index >= 15 is 0 Å². The maximum Gasteiger partial charge on any atom is 0.264 e. The normalized spacial score (nSPS) is 24.5. The molecule has 0 saturated heterocycles. The summed E-state index contributed by atoms with van der Waals surface area (Å²) in [4.78, 5) is 44.2. The minimum Gasteiger partial charge on any atom is -0.399 e. The molecule has 2 aromatic rings. The van der Waals surface area contributed by atoms with Crippen LogP contribution in [0.1, 0.15) is 36.6 Å². The summed E-state index contributed by atoms with van der Waals surface area (Å²) in [6.07, 6.45) is -1.02. The summed E-state index contributed by atoms with van der Waals surface area (Å²) in [6, 6.07) is 0.198. The molecule has 23 heavy (non-hydrogen) atoms. The lowest BCUT2D eigenvalue weighted by atomic mass is 9.92. The number of nitrogen functional groups attached to an aromatic ring is 1. The van der Waals surface area contributed by atoms with Crippen LogP contribution in [0.25, 0.3) is 15.7 Å². The molecule has 1 saturated carbocycles. The van der Waals surface area contributed by atoms with Crippen molar-refractivity contribution < 1.29 is 15.1 Å². The number of hydrogen-bond donors (Lipinski definition) is 1. The van der Waals surface area contributed by atoms with Crippen LogP contribution < -0.4 is 11.3 Å². The standard InChI is InChI=1S/C16H14N4O3/c1-8-19-12-6-9(18-2)5-11(17)15(12)16(23)20(8)13-4-3-10(21)7-14(13)22/h5-6,13H,3-4,7,17H2,1H3/i1D3,13D. The number of benzene rings is 1. The van der Waals surface area contributed by atoms with E-state index in [1.54, 1.807) is 0 Å². The zero-order chi connectivity index (χ0) is 20.1. The second-order valence-corrected chi connectivity index (χ2v) is 5.20. The summed E-state index contributed by atoms with van der Waals surface area (Å²) in [5, 5.41) is -0.174. The van der Waals surface area contributed by atoms with Gasteiger partial charge >= 0.3 is 0 Å². The largest absolute Gasteiger partial charge is 0.399 e. The molecule has 1 aliphatic rings. The molecule has 3 rings (SSSR count). The number of rotatable bonds is 1. The number of carbonyl (C=O) groups excluding carboxylic acids is 2. The van der Waals surface area contributed by atoms with Crippen molar-refractivity contribution in [2.45, 2.75) is 32.1 Å². The third-order valence-electron chi connectivity index (χ3n) is 3.71. The van der Waals surface area contributed by atoms with E-state index in [2.05, 4.69) is 9.83 Å². The Morgan fingerprint density at radius 2 is 2.26 bits per heavy atom. The van der Waals surface area contributed by atoms with E-state index in [-0.39, 0.29) is 40.9 Å². The van der Waals surface area contributed by atoms with Gasteiger partial charge in [0.25, 0.3) is 5.56 Å². The topological polar surface area (TPSA) is 99.4 Å². The van der Waals surface area contributed by atoms with Gasteiger partial charge in [0.15, 0.2) is 11.5 Å². The van der Waals surface area contributed by atoms with Crippen LogP contribution in [-0.2, 0) is 9.59 Å². The Morgan fingerprint density at radius 1 is 1.48 bits per heavy atom. The Hall–Kier alpha value is -3.01. The number of fused-ring (bicyclic) bond motifs is 1. The first kappa shape index (κ1) is 10.7. The van der Waals surface area contributed by atoms with Crippen LogP contribution in [0, 0.1) is 13.4 Å². The number of nitrogens with zero attached hydrogens (tertiary/aromatic N) is 3. The highest BCUT2D eigenvalue weighted by atomic mass is 16.2. The van der Waals surface area contributed by atoms with Crippen LogP contribution >= 0.6 is 0 Å². The van der Waals surface area contributed by atoms with E-state index in [0.717, 1.165) is 0 Å². The Balaban J connectivity index is 2.45. The van der Waals surface area contributed by atoms with Crippen LogP contribution in [0.5, 0.6) is 0 Å². The number of anilines is 1. The molecule has 1 unspecified atom stereocenters. The van der Waals surface area contributed by atoms with Gasteiger partial charge in [-0.1, -0.05) is 0 Å². The van der Waals surface area contributed by atoms with Crippen molar-refractivity contribution in [3.8, 4) is 0 Å². The minimum absolute atomic E-state index is 0.0704. The summed E-state index contributed by atoms with van der Waals surface area (Å²) in [7, 11) is 0. The van der Waals surface area contributed by atoms with Crippen LogP contribution in [0.15, 0.2) is 16.9 Å². The molecule has 7 nitrogen and oxygen atoms in total. The average Bonchev–Trinajstić information content (AvgIpc) is 2.56. The Morgan fingerprint density at radius 3 is 2.91 bits per heavy atom. The molecule has 7 heteroatoms. The molecular weight excluding hydrogens is 296 g/mol. The molecule has 1 heterocycles. The highest BCUT2D eigenvalue weighted by Gasteiger charge is 2.30. The second kappa shape index (κ2) is 5.32. The third kappa shape index (κ3) is 2.38. The van der Waals surface area contributed by atoms with Crippen molar-refractivity contribution in [1.82, 2.24) is 9.55 Å². The Labute approximate surface area is 137 Å². The Kier molecular flexibility index (Phi) is 2.47. The maximum absolute atomic E-state index is 13.1. The molecule has 1 fully saturated rings. The zero-order valence-corrected chi connectivity index (χ0v) is 11.9. The summed E-state index contributed by atoms with van der Waals surface area (Å²) in [6.45, 7) is 4.15. The summed E-state index contributed by atoms with van der Waals surface area (Å²) in [5.74, 6) is -2.00. The highest BCUT2D eigenvalue weighted by Crippen LogP contribution is 2.27. The van der Waals surface area contributed by atoms with Crippen LogP contribution in [0.4, 0.5) is 11.4 Å². The smallest absolute Gasteiger partial charge is 0.264 e. The van der Waals surface area contributed by atoms with Crippen molar-refractivity contribution in [1.29, 1.82) is 0 Å². The molecule has 1 aromatic carbocycles. The van der Waals surface area contributed by atoms with Crippen molar-refractivity contribution in [2.75, 3.05) is 5.73 Å². The molecule has 2 N–H and O–H groups in total. The molecule has 1 atom stereocenters. The fraction of sp³-hybridized carbons (Fsp3) is 0.312. The third-order valence-corrected chi connectivity index (χ3v) is 3.71. The van der Waals surface area contributed by atoms with Gasteiger partial charge in [-0.25, -0.2) is 9.83 Å². The number of Topliss-reactive ketones (excluding diaryl/α,β-unsaturated/α-hetero) is 2. The van der Waals surface area contributed by atoms with Gasteiger partial charge in [-0.3, -0.25) is 19.0 Å². The lowest BCUT2D eigenvalue weighted by Gasteiger charge is -2.24. The van der Waals surface area contributed by atoms with Crippen molar-refractivity contribution >= 4 is 33.8 Å². The van der Waals surface area contributed by atoms with E-state index < -0.39 is 36.5 Å². The first-order valence-corrected chi connectivity index (χ1v) is 6.79. The molecule has 116 valence electrons. The number of ketones is 2. The van der Waals surface area contributed by atoms with Crippen LogP contribution in [-0.4, -0.2) is 21.1 Å². The molecule has 0 aliphatic heterocycles. The molecular formula is C16H14N4O3. The Bertz CT molecular complexity index is 1100. The summed E-state index contributed by atoms with van der Waals surface area (Å²) in [5.41, 5.74) is 4.76. The number of aryl methyl sites for hydroxylation is 1. The van der Waals surface area contributed by atoms with Gasteiger partial charge in [0, 0.05) is 16.2 Å². The maximum atomic E-state index is 13.1. The van der Waals surface area contributed by atoms with Gasteiger partial charge in [0.2, 0.25) is 0 Å². The predicted octanol–water partition coefficient (Wildman–Crippen LogP) is 1.70. The van der Waals surface area contributed by atoms with E-state index in [4.69, 9.17) is 17.8 Å². The monoisotopic (exact) mass is 314 g/mol. The lowest BCUT2D eigenvalue weighted by Crippen LogP contribution is -2.36. The predicted molar refractivity (Wildman–Crippen MR) is 84.3 cm³/mol. The fourth-order valence-electron chi connectivity index (χ4n) is 2.64. The average molecular weight is 314 g/mol. The van der Waals surface area contributed by atoms with Gasteiger partial charge in [-0.2, -0.15) is 0 Å². The number of nitrogens with two attached hydrogens (primary N) is 1. The molecule has 0 spiro atoms. The molecule has 0 amide bonds. The summed E-state index contributed by atoms with van der Waals surface area (Å²) < 4.78 is 32.2. The first-order chi connectivity index (χ1) is 12.5. The molecule has 1 aliphatic carbocycles. The first-order valence-electron chi connectivity index (χ1n) is 8.79. The van der Waals surface area contributed by atoms with Gasteiger partial charge < -0.3 is 5.73 Å². The molecule has 1 aromatic heterocycles. The SMILES string of the molecule is [2H]C([2H])([2H])c1nc2cc([N+]#[C-])cc(N)c2c(=O)n1C1([2H])CCC(=O)CC1=O. The second-order valence-electron chi connectivity index (χ2n) is 5.20. The number of hydrogen-bond acceptors (Lipinski definition) is 5. The zero-order valence-electron chi connectivity index (χ0n) is 15.9. The van der Waals surface area contributed by atoms with E-state index in [1.807, 2.05) is 0 Å². The van der Waals surface area contributed by atoms with Gasteiger partial charge in [-0.15, -0.1) is 0 Å². The van der Waals surface area contributed by atoms with Crippen molar-refractivity contribution in [3.63, 3.8) is 0 Å². The molecule has 0 bridgehead atoms. The molecule has 0 radical (unpaired) electrons. The summed E-state index contributed by atoms with van der Waals surface area (Å²) >= 11 is 0. The van der Waals surface area contributed by atoms with E-state index in [0.29, 0.717) is 4.57 Å². The lowest BCUT2D eigenvalue weighted by molar-refractivity contribution is -0.132. The number of carbonyl (C=O) groups is 2. The van der Waals surface area contributed by atoms with E-state index in [9.17, 15) is 14.4 Å². The van der Waals surface area contributed by atoms with Crippen molar-refractivity contribution in [3.05, 3.63) is 39.7 Å². The fourth-order valence-corrected chi connectivity index (χ4v) is 2.64. The minimum atomic E-state index is -2.91. The quantitative estimate of drug-likeness (QED) is 0.490. The van der Waals surface area contributed by atoms with Crippen molar-refractivity contribution in [2.24, 2.45) is 0 Å². The van der Waals surface area contributed by atoms with Gasteiger partial charge in [-0.05, 0) is 25.4 Å². The highest BCUT2D eigenvalue weighted by molar-refractivity contribution is 6.03. The van der Waals surface area contributed by atoms with Gasteiger partial charge in [0.1, 0.15) is 11.6 Å². The van der Waals surface area contributed by atoms with Crippen LogP contribution in [0.3, 0.4) is 0 Å². The van der Waals surface area contributed by atoms with Crippen LogP contribution in [0.2, 0.25) is 0 Å².